The zero-order valence-electron chi connectivity index (χ0n) is 11.8. The standard InChI is InChI=1S/C14H22N2O2S2/c1-2-11-7-8-14(19-11)20(17,18)16-10-4-6-13(16)12-5-3-9-15-12/h7-8,12-13,15H,2-6,9-10H2,1H3. The van der Waals surface area contributed by atoms with E-state index in [1.807, 2.05) is 6.07 Å². The van der Waals surface area contributed by atoms with Gasteiger partial charge in [0.1, 0.15) is 4.21 Å². The van der Waals surface area contributed by atoms with Crippen molar-refractivity contribution in [3.05, 3.63) is 17.0 Å². The van der Waals surface area contributed by atoms with E-state index in [2.05, 4.69) is 12.2 Å². The fourth-order valence-electron chi connectivity index (χ4n) is 3.31. The van der Waals surface area contributed by atoms with Crippen molar-refractivity contribution in [3.8, 4) is 0 Å². The zero-order valence-corrected chi connectivity index (χ0v) is 13.5. The maximum atomic E-state index is 12.8. The van der Waals surface area contributed by atoms with E-state index in [4.69, 9.17) is 0 Å². The lowest BCUT2D eigenvalue weighted by Gasteiger charge is -2.28. The van der Waals surface area contributed by atoms with Crippen molar-refractivity contribution in [2.24, 2.45) is 0 Å². The van der Waals surface area contributed by atoms with Crippen LogP contribution in [-0.2, 0) is 16.4 Å². The molecule has 3 rings (SSSR count). The Kier molecular flexibility index (Phi) is 4.17. The third-order valence-electron chi connectivity index (χ3n) is 4.36. The molecule has 2 aliphatic rings. The van der Waals surface area contributed by atoms with Gasteiger partial charge < -0.3 is 5.32 Å². The Balaban J connectivity index is 1.85. The molecule has 0 bridgehead atoms. The monoisotopic (exact) mass is 314 g/mol. The molecule has 1 aromatic rings. The van der Waals surface area contributed by atoms with Gasteiger partial charge in [-0.3, -0.25) is 0 Å². The van der Waals surface area contributed by atoms with Crippen molar-refractivity contribution in [2.75, 3.05) is 13.1 Å². The van der Waals surface area contributed by atoms with E-state index in [0.717, 1.165) is 43.5 Å². The molecule has 0 aromatic carbocycles. The minimum absolute atomic E-state index is 0.148. The van der Waals surface area contributed by atoms with Gasteiger partial charge in [-0.1, -0.05) is 6.92 Å². The molecule has 0 saturated carbocycles. The predicted molar refractivity (Wildman–Crippen MR) is 81.6 cm³/mol. The molecule has 1 aromatic heterocycles. The summed E-state index contributed by atoms with van der Waals surface area (Å²) in [6.45, 7) is 3.75. The van der Waals surface area contributed by atoms with Crippen LogP contribution in [0.3, 0.4) is 0 Å². The Morgan fingerprint density at radius 3 is 2.85 bits per heavy atom. The first kappa shape index (κ1) is 14.5. The smallest absolute Gasteiger partial charge is 0.252 e. The molecule has 4 nitrogen and oxygen atoms in total. The second kappa shape index (κ2) is 5.75. The molecule has 0 amide bonds. The van der Waals surface area contributed by atoms with E-state index < -0.39 is 10.0 Å². The molecule has 0 radical (unpaired) electrons. The first-order valence-electron chi connectivity index (χ1n) is 7.47. The fraction of sp³-hybridized carbons (Fsp3) is 0.714. The number of thiophene rings is 1. The second-order valence-electron chi connectivity index (χ2n) is 5.60. The van der Waals surface area contributed by atoms with E-state index in [1.165, 1.54) is 11.3 Å². The number of hydrogen-bond acceptors (Lipinski definition) is 4. The molecular formula is C14H22N2O2S2. The predicted octanol–water partition coefficient (Wildman–Crippen LogP) is 2.22. The Morgan fingerprint density at radius 2 is 2.20 bits per heavy atom. The number of sulfonamides is 1. The highest BCUT2D eigenvalue weighted by atomic mass is 32.2. The van der Waals surface area contributed by atoms with Crippen LogP contribution >= 0.6 is 11.3 Å². The van der Waals surface area contributed by atoms with Crippen molar-refractivity contribution in [3.63, 3.8) is 0 Å². The molecule has 112 valence electrons. The van der Waals surface area contributed by atoms with Crippen LogP contribution in [0.1, 0.15) is 37.5 Å². The van der Waals surface area contributed by atoms with Gasteiger partial charge in [-0.25, -0.2) is 8.42 Å². The van der Waals surface area contributed by atoms with Crippen molar-refractivity contribution < 1.29 is 8.42 Å². The number of nitrogens with one attached hydrogen (secondary N) is 1. The fourth-order valence-corrected chi connectivity index (χ4v) is 6.46. The van der Waals surface area contributed by atoms with Gasteiger partial charge in [0.25, 0.3) is 10.0 Å². The Bertz CT molecular complexity index is 561. The highest BCUT2D eigenvalue weighted by Crippen LogP contribution is 2.33. The van der Waals surface area contributed by atoms with E-state index in [-0.39, 0.29) is 6.04 Å². The summed E-state index contributed by atoms with van der Waals surface area (Å²) in [7, 11) is -3.30. The first-order valence-corrected chi connectivity index (χ1v) is 9.72. The van der Waals surface area contributed by atoms with Crippen LogP contribution in [0.5, 0.6) is 0 Å². The summed E-state index contributed by atoms with van der Waals surface area (Å²) in [6.07, 6.45) is 5.13. The average Bonchev–Trinajstić information content (AvgIpc) is 3.17. The van der Waals surface area contributed by atoms with Gasteiger partial charge in [0.05, 0.1) is 0 Å². The number of rotatable bonds is 4. The summed E-state index contributed by atoms with van der Waals surface area (Å²) in [5, 5.41) is 3.47. The molecule has 2 aliphatic heterocycles. The molecule has 2 fully saturated rings. The number of hydrogen-bond donors (Lipinski definition) is 1. The van der Waals surface area contributed by atoms with Crippen LogP contribution in [-0.4, -0.2) is 37.9 Å². The average molecular weight is 314 g/mol. The lowest BCUT2D eigenvalue weighted by molar-refractivity contribution is 0.322. The van der Waals surface area contributed by atoms with Gasteiger partial charge >= 0.3 is 0 Å². The van der Waals surface area contributed by atoms with Gasteiger partial charge in [0, 0.05) is 23.5 Å². The second-order valence-corrected chi connectivity index (χ2v) is 8.89. The highest BCUT2D eigenvalue weighted by Gasteiger charge is 2.40. The van der Waals surface area contributed by atoms with Gasteiger partial charge in [-0.2, -0.15) is 4.31 Å². The van der Waals surface area contributed by atoms with Gasteiger partial charge in [-0.05, 0) is 50.8 Å². The van der Waals surface area contributed by atoms with Gasteiger partial charge in [0.15, 0.2) is 0 Å². The van der Waals surface area contributed by atoms with Crippen LogP contribution in [0.2, 0.25) is 0 Å². The molecule has 3 heterocycles. The summed E-state index contributed by atoms with van der Waals surface area (Å²) >= 11 is 1.42. The maximum Gasteiger partial charge on any atom is 0.252 e. The van der Waals surface area contributed by atoms with Crippen molar-refractivity contribution in [1.82, 2.24) is 9.62 Å². The third kappa shape index (κ3) is 2.54. The third-order valence-corrected chi connectivity index (χ3v) is 7.98. The van der Waals surface area contributed by atoms with Gasteiger partial charge in [-0.15, -0.1) is 11.3 Å². The minimum atomic E-state index is -3.30. The lowest BCUT2D eigenvalue weighted by atomic mass is 10.1. The number of aryl methyl sites for hydroxylation is 1. The number of nitrogens with zero attached hydrogens (tertiary/aromatic N) is 1. The molecular weight excluding hydrogens is 292 g/mol. The quantitative estimate of drug-likeness (QED) is 0.927. The summed E-state index contributed by atoms with van der Waals surface area (Å²) in [4.78, 5) is 1.14. The Morgan fingerprint density at radius 1 is 1.35 bits per heavy atom. The molecule has 2 atom stereocenters. The molecule has 2 saturated heterocycles. The van der Waals surface area contributed by atoms with E-state index in [1.54, 1.807) is 10.4 Å². The summed E-state index contributed by atoms with van der Waals surface area (Å²) < 4.78 is 27.9. The van der Waals surface area contributed by atoms with Crippen LogP contribution in [0.4, 0.5) is 0 Å². The summed E-state index contributed by atoms with van der Waals surface area (Å²) in [5.74, 6) is 0. The van der Waals surface area contributed by atoms with E-state index >= 15 is 0 Å². The maximum absolute atomic E-state index is 12.8. The molecule has 20 heavy (non-hydrogen) atoms. The molecule has 1 N–H and O–H groups in total. The Labute approximate surface area is 125 Å². The van der Waals surface area contributed by atoms with E-state index in [0.29, 0.717) is 16.8 Å². The van der Waals surface area contributed by atoms with Crippen LogP contribution in [0.15, 0.2) is 16.3 Å². The zero-order chi connectivity index (χ0) is 14.2. The van der Waals surface area contributed by atoms with Crippen molar-refractivity contribution in [1.29, 1.82) is 0 Å². The summed E-state index contributed by atoms with van der Waals surface area (Å²) in [5.41, 5.74) is 0. The molecule has 0 spiro atoms. The highest BCUT2D eigenvalue weighted by molar-refractivity contribution is 7.91. The summed E-state index contributed by atoms with van der Waals surface area (Å²) in [6, 6.07) is 4.21. The lowest BCUT2D eigenvalue weighted by Crippen LogP contribution is -2.46. The van der Waals surface area contributed by atoms with Crippen LogP contribution in [0.25, 0.3) is 0 Å². The molecule has 2 unspecified atom stereocenters. The first-order chi connectivity index (χ1) is 9.63. The van der Waals surface area contributed by atoms with Crippen molar-refractivity contribution in [2.45, 2.75) is 55.3 Å². The normalized spacial score (nSPS) is 28.2. The minimum Gasteiger partial charge on any atom is -0.312 e. The Hall–Kier alpha value is -0.430. The molecule has 6 heteroatoms. The molecule has 0 aliphatic carbocycles. The van der Waals surface area contributed by atoms with Crippen molar-refractivity contribution >= 4 is 21.4 Å². The largest absolute Gasteiger partial charge is 0.312 e. The van der Waals surface area contributed by atoms with Crippen LogP contribution in [0, 0.1) is 0 Å². The SMILES string of the molecule is CCc1ccc(S(=O)(=O)N2CCCC2C2CCCN2)s1. The van der Waals surface area contributed by atoms with Crippen LogP contribution < -0.4 is 5.32 Å². The van der Waals surface area contributed by atoms with E-state index in [9.17, 15) is 8.42 Å². The van der Waals surface area contributed by atoms with Gasteiger partial charge in [0.2, 0.25) is 0 Å². The topological polar surface area (TPSA) is 49.4 Å².